The van der Waals surface area contributed by atoms with Crippen LogP contribution in [0.3, 0.4) is 0 Å². The molecule has 2 aromatic carbocycles. The Morgan fingerprint density at radius 3 is 2.62 bits per heavy atom. The summed E-state index contributed by atoms with van der Waals surface area (Å²) in [4.78, 5) is 27.9. The van der Waals surface area contributed by atoms with E-state index in [9.17, 15) is 27.2 Å². The van der Waals surface area contributed by atoms with Gasteiger partial charge in [-0.05, 0) is 54.0 Å². The maximum Gasteiger partial charge on any atom is 0.417 e. The Kier molecular flexibility index (Phi) is 5.81. The van der Waals surface area contributed by atoms with Gasteiger partial charge < -0.3 is 10.2 Å². The summed E-state index contributed by atoms with van der Waals surface area (Å²) in [5.41, 5.74) is -1.23. The van der Waals surface area contributed by atoms with Crippen LogP contribution in [0.5, 0.6) is 0 Å². The molecular formula is C23H18F4N4O2S. The van der Waals surface area contributed by atoms with E-state index in [1.54, 1.807) is 0 Å². The molecule has 2 aromatic rings. The second-order valence-corrected chi connectivity index (χ2v) is 8.82. The molecule has 0 spiro atoms. The molecule has 2 amide bonds. The highest BCUT2D eigenvalue weighted by Crippen LogP contribution is 2.42. The van der Waals surface area contributed by atoms with Gasteiger partial charge in [0.05, 0.1) is 34.1 Å². The van der Waals surface area contributed by atoms with Crippen LogP contribution < -0.4 is 15.1 Å². The first-order valence-electron chi connectivity index (χ1n) is 10.3. The van der Waals surface area contributed by atoms with Crippen molar-refractivity contribution in [1.29, 1.82) is 5.26 Å². The highest BCUT2D eigenvalue weighted by atomic mass is 32.1. The first kappa shape index (κ1) is 23.6. The second-order valence-electron chi connectivity index (χ2n) is 8.45. The van der Waals surface area contributed by atoms with Gasteiger partial charge in [-0.15, -0.1) is 0 Å². The van der Waals surface area contributed by atoms with Crippen LogP contribution in [0.15, 0.2) is 30.3 Å². The SMILES string of the molecule is CC(C)CNC(=O)c1cc2c(cc1F)N1C(=S)N(c3ccc(C#N)c(C(F)(F)F)c3)C(=O)C1C2. The van der Waals surface area contributed by atoms with Crippen molar-refractivity contribution < 1.29 is 27.2 Å². The number of amides is 2. The van der Waals surface area contributed by atoms with Crippen molar-refractivity contribution >= 4 is 40.5 Å². The van der Waals surface area contributed by atoms with E-state index < -0.39 is 41.0 Å². The number of nitriles is 1. The second kappa shape index (κ2) is 8.36. The molecule has 1 fully saturated rings. The predicted molar refractivity (Wildman–Crippen MR) is 120 cm³/mol. The largest absolute Gasteiger partial charge is 0.417 e. The Hall–Kier alpha value is -3.52. The van der Waals surface area contributed by atoms with Crippen molar-refractivity contribution in [2.45, 2.75) is 32.5 Å². The van der Waals surface area contributed by atoms with Crippen LogP contribution in [0.2, 0.25) is 0 Å². The maximum atomic E-state index is 14.8. The van der Waals surface area contributed by atoms with Crippen LogP contribution in [-0.2, 0) is 17.4 Å². The van der Waals surface area contributed by atoms with Gasteiger partial charge in [0.2, 0.25) is 0 Å². The summed E-state index contributed by atoms with van der Waals surface area (Å²) in [5, 5.41) is 11.5. The average molecular weight is 490 g/mol. The lowest BCUT2D eigenvalue weighted by atomic mass is 10.0. The van der Waals surface area contributed by atoms with Gasteiger partial charge in [0.25, 0.3) is 11.8 Å². The number of thiocarbonyl (C=S) groups is 1. The number of rotatable bonds is 4. The molecule has 34 heavy (non-hydrogen) atoms. The third kappa shape index (κ3) is 3.88. The van der Waals surface area contributed by atoms with Crippen LogP contribution in [0.4, 0.5) is 28.9 Å². The summed E-state index contributed by atoms with van der Waals surface area (Å²) in [6.45, 7) is 4.17. The van der Waals surface area contributed by atoms with E-state index in [2.05, 4.69) is 5.32 Å². The van der Waals surface area contributed by atoms with Crippen LogP contribution >= 0.6 is 12.2 Å². The Labute approximate surface area is 197 Å². The topological polar surface area (TPSA) is 76.4 Å². The van der Waals surface area contributed by atoms with E-state index in [0.717, 1.165) is 17.0 Å². The normalized spacial score (nSPS) is 17.2. The first-order chi connectivity index (χ1) is 15.9. The first-order valence-corrected chi connectivity index (χ1v) is 10.7. The van der Waals surface area contributed by atoms with Crippen LogP contribution in [-0.4, -0.2) is 29.5 Å². The van der Waals surface area contributed by atoms with E-state index in [1.165, 1.54) is 23.1 Å². The molecule has 0 radical (unpaired) electrons. The number of carbonyl (C=O) groups is 2. The summed E-state index contributed by atoms with van der Waals surface area (Å²) in [5.74, 6) is -1.78. The highest BCUT2D eigenvalue weighted by Gasteiger charge is 2.49. The van der Waals surface area contributed by atoms with Gasteiger partial charge in [-0.3, -0.25) is 14.5 Å². The molecule has 0 aromatic heterocycles. The molecule has 4 rings (SSSR count). The minimum absolute atomic E-state index is 0.108. The van der Waals surface area contributed by atoms with E-state index in [-0.39, 0.29) is 34.4 Å². The molecule has 0 saturated carbocycles. The van der Waals surface area contributed by atoms with Crippen molar-refractivity contribution in [1.82, 2.24) is 5.32 Å². The van der Waals surface area contributed by atoms with Gasteiger partial charge >= 0.3 is 6.18 Å². The number of benzene rings is 2. The third-order valence-corrected chi connectivity index (χ3v) is 6.04. The molecule has 1 atom stereocenters. The van der Waals surface area contributed by atoms with Gasteiger partial charge in [-0.1, -0.05) is 13.8 Å². The summed E-state index contributed by atoms with van der Waals surface area (Å²) < 4.78 is 55.0. The lowest BCUT2D eigenvalue weighted by molar-refractivity contribution is -0.137. The number of alkyl halides is 3. The molecular weight excluding hydrogens is 472 g/mol. The lowest BCUT2D eigenvalue weighted by Gasteiger charge is -2.21. The van der Waals surface area contributed by atoms with Crippen LogP contribution in [0.25, 0.3) is 0 Å². The highest BCUT2D eigenvalue weighted by molar-refractivity contribution is 7.81. The Morgan fingerprint density at radius 1 is 1.29 bits per heavy atom. The van der Waals surface area contributed by atoms with E-state index >= 15 is 0 Å². The number of halogens is 4. The molecule has 176 valence electrons. The molecule has 0 aliphatic carbocycles. The van der Waals surface area contributed by atoms with Gasteiger partial charge in [0.1, 0.15) is 11.9 Å². The summed E-state index contributed by atoms with van der Waals surface area (Å²) in [6.07, 6.45) is -4.69. The Bertz CT molecular complexity index is 1270. The Morgan fingerprint density at radius 2 is 2.00 bits per heavy atom. The van der Waals surface area contributed by atoms with E-state index in [1.807, 2.05) is 13.8 Å². The van der Waals surface area contributed by atoms with Gasteiger partial charge in [-0.2, -0.15) is 18.4 Å². The third-order valence-electron chi connectivity index (χ3n) is 5.66. The van der Waals surface area contributed by atoms with Crippen molar-refractivity contribution in [2.75, 3.05) is 16.3 Å². The van der Waals surface area contributed by atoms with Gasteiger partial charge in [0.15, 0.2) is 5.11 Å². The quantitative estimate of drug-likeness (QED) is 0.515. The maximum absolute atomic E-state index is 14.8. The number of fused-ring (bicyclic) bond motifs is 3. The van der Waals surface area contributed by atoms with Gasteiger partial charge in [-0.25, -0.2) is 4.39 Å². The molecule has 6 nitrogen and oxygen atoms in total. The zero-order valence-corrected chi connectivity index (χ0v) is 18.9. The number of nitrogens with one attached hydrogen (secondary N) is 1. The van der Waals surface area contributed by atoms with E-state index in [0.29, 0.717) is 18.2 Å². The number of nitrogens with zero attached hydrogens (tertiary/aromatic N) is 3. The fourth-order valence-electron chi connectivity index (χ4n) is 4.06. The van der Waals surface area contributed by atoms with Crippen molar-refractivity contribution in [3.8, 4) is 6.07 Å². The summed E-state index contributed by atoms with van der Waals surface area (Å²) >= 11 is 5.39. The number of carbonyl (C=O) groups excluding carboxylic acids is 2. The van der Waals surface area contributed by atoms with Crippen molar-refractivity contribution in [3.05, 3.63) is 58.4 Å². The fourth-order valence-corrected chi connectivity index (χ4v) is 4.48. The smallest absolute Gasteiger partial charge is 0.352 e. The molecule has 2 aliphatic heterocycles. The number of anilines is 2. The predicted octanol–water partition coefficient (Wildman–Crippen LogP) is 4.16. The molecule has 2 heterocycles. The number of hydrogen-bond acceptors (Lipinski definition) is 4. The van der Waals surface area contributed by atoms with Gasteiger partial charge in [0, 0.05) is 13.0 Å². The van der Waals surface area contributed by atoms with Crippen molar-refractivity contribution in [2.24, 2.45) is 5.92 Å². The minimum atomic E-state index is -4.80. The molecule has 1 N–H and O–H groups in total. The zero-order valence-electron chi connectivity index (χ0n) is 18.0. The Balaban J connectivity index is 1.68. The summed E-state index contributed by atoms with van der Waals surface area (Å²) in [7, 11) is 0. The van der Waals surface area contributed by atoms with Crippen LogP contribution in [0.1, 0.15) is 40.9 Å². The standard InChI is InChI=1S/C23H18F4N4O2S/c1-11(2)10-29-20(32)15-5-13-6-19-21(33)30(22(34)31(19)18(13)8-17(15)24)14-4-3-12(9-28)16(7-14)23(25,26)27/h3-5,7-8,11,19H,6,10H2,1-2H3,(H,29,32). The zero-order chi connectivity index (χ0) is 24.9. The monoisotopic (exact) mass is 490 g/mol. The molecule has 2 aliphatic rings. The van der Waals surface area contributed by atoms with E-state index in [4.69, 9.17) is 17.5 Å². The molecule has 1 unspecified atom stereocenters. The van der Waals surface area contributed by atoms with Crippen LogP contribution in [0, 0.1) is 23.1 Å². The lowest BCUT2D eigenvalue weighted by Crippen LogP contribution is -2.33. The molecule has 0 bridgehead atoms. The van der Waals surface area contributed by atoms with Crippen molar-refractivity contribution in [3.63, 3.8) is 0 Å². The number of hydrogen-bond donors (Lipinski definition) is 1. The minimum Gasteiger partial charge on any atom is -0.352 e. The molecule has 1 saturated heterocycles. The fraction of sp³-hybridized carbons (Fsp3) is 0.304. The molecule has 11 heteroatoms. The summed E-state index contributed by atoms with van der Waals surface area (Å²) in [6, 6.07) is 6.00. The average Bonchev–Trinajstić information content (AvgIpc) is 3.25.